The van der Waals surface area contributed by atoms with Crippen molar-refractivity contribution in [2.24, 2.45) is 0 Å². The van der Waals surface area contributed by atoms with Crippen LogP contribution in [-0.2, 0) is 16.2 Å². The summed E-state index contributed by atoms with van der Waals surface area (Å²) in [6, 6.07) is 6.46. The summed E-state index contributed by atoms with van der Waals surface area (Å²) in [7, 11) is 0. The van der Waals surface area contributed by atoms with Crippen LogP contribution in [0.4, 0.5) is 10.1 Å². The summed E-state index contributed by atoms with van der Waals surface area (Å²) in [4.78, 5) is 11.6. The fourth-order valence-corrected chi connectivity index (χ4v) is 1.39. The van der Waals surface area contributed by atoms with E-state index >= 15 is 0 Å². The SMILES string of the molecule is CC(C)OC(=O)[C@H](C)Nc1cccc(CF)c1. The molecule has 0 saturated heterocycles. The highest BCUT2D eigenvalue weighted by Gasteiger charge is 2.15. The minimum Gasteiger partial charge on any atom is -0.461 e. The predicted octanol–water partition coefficient (Wildman–Crippen LogP) is 2.91. The zero-order chi connectivity index (χ0) is 12.8. The summed E-state index contributed by atoms with van der Waals surface area (Å²) in [5.74, 6) is -0.314. The monoisotopic (exact) mass is 239 g/mol. The van der Waals surface area contributed by atoms with Crippen LogP contribution in [0.2, 0.25) is 0 Å². The van der Waals surface area contributed by atoms with E-state index in [1.165, 1.54) is 0 Å². The molecule has 1 atom stereocenters. The van der Waals surface area contributed by atoms with Gasteiger partial charge in [0.1, 0.15) is 12.7 Å². The Morgan fingerprint density at radius 1 is 1.41 bits per heavy atom. The van der Waals surface area contributed by atoms with Crippen LogP contribution in [0.1, 0.15) is 26.3 Å². The van der Waals surface area contributed by atoms with E-state index in [1.807, 2.05) is 0 Å². The van der Waals surface area contributed by atoms with Crippen LogP contribution in [0.25, 0.3) is 0 Å². The molecule has 0 bridgehead atoms. The third-order valence-electron chi connectivity index (χ3n) is 2.17. The van der Waals surface area contributed by atoms with Crippen molar-refractivity contribution < 1.29 is 13.9 Å². The van der Waals surface area contributed by atoms with Crippen LogP contribution >= 0.6 is 0 Å². The molecule has 1 aromatic rings. The fraction of sp³-hybridized carbons (Fsp3) is 0.462. The number of hydrogen-bond donors (Lipinski definition) is 1. The standard InChI is InChI=1S/C13H18FNO2/c1-9(2)17-13(16)10(3)15-12-6-4-5-11(7-12)8-14/h4-7,9-10,15H,8H2,1-3H3/t10-/m0/s1. The van der Waals surface area contributed by atoms with Gasteiger partial charge in [0.2, 0.25) is 0 Å². The average molecular weight is 239 g/mol. The summed E-state index contributed by atoms with van der Waals surface area (Å²) < 4.78 is 17.5. The van der Waals surface area contributed by atoms with E-state index in [9.17, 15) is 9.18 Å². The van der Waals surface area contributed by atoms with Crippen LogP contribution in [0.5, 0.6) is 0 Å². The van der Waals surface area contributed by atoms with Gasteiger partial charge in [-0.3, -0.25) is 0 Å². The molecular formula is C13H18FNO2. The molecule has 3 nitrogen and oxygen atoms in total. The van der Waals surface area contributed by atoms with E-state index in [0.717, 1.165) is 0 Å². The number of carbonyl (C=O) groups excluding carboxylic acids is 1. The molecule has 94 valence electrons. The van der Waals surface area contributed by atoms with Gasteiger partial charge in [0.05, 0.1) is 6.10 Å². The van der Waals surface area contributed by atoms with Crippen molar-refractivity contribution in [2.75, 3.05) is 5.32 Å². The third kappa shape index (κ3) is 4.43. The largest absolute Gasteiger partial charge is 0.461 e. The van der Waals surface area contributed by atoms with Crippen molar-refractivity contribution in [1.29, 1.82) is 0 Å². The van der Waals surface area contributed by atoms with Gasteiger partial charge < -0.3 is 10.1 Å². The molecule has 1 rings (SSSR count). The molecule has 0 unspecified atom stereocenters. The van der Waals surface area contributed by atoms with E-state index in [0.29, 0.717) is 11.3 Å². The molecule has 1 aromatic carbocycles. The molecule has 0 aliphatic heterocycles. The van der Waals surface area contributed by atoms with Crippen molar-refractivity contribution in [1.82, 2.24) is 0 Å². The van der Waals surface area contributed by atoms with Gasteiger partial charge in [-0.05, 0) is 38.5 Å². The Morgan fingerprint density at radius 2 is 2.12 bits per heavy atom. The minimum atomic E-state index is -0.514. The maximum atomic E-state index is 12.5. The van der Waals surface area contributed by atoms with E-state index < -0.39 is 12.7 Å². The molecule has 0 saturated carbocycles. The van der Waals surface area contributed by atoms with Crippen LogP contribution in [0, 0.1) is 0 Å². The van der Waals surface area contributed by atoms with Gasteiger partial charge in [-0.1, -0.05) is 12.1 Å². The highest BCUT2D eigenvalue weighted by atomic mass is 19.1. The molecule has 0 fully saturated rings. The lowest BCUT2D eigenvalue weighted by atomic mass is 10.2. The lowest BCUT2D eigenvalue weighted by Gasteiger charge is -2.16. The molecule has 0 aliphatic rings. The molecule has 0 radical (unpaired) electrons. The predicted molar refractivity (Wildman–Crippen MR) is 65.6 cm³/mol. The summed E-state index contributed by atoms with van der Waals surface area (Å²) in [5.41, 5.74) is 1.30. The lowest BCUT2D eigenvalue weighted by molar-refractivity contribution is -0.147. The van der Waals surface area contributed by atoms with Crippen molar-refractivity contribution in [3.63, 3.8) is 0 Å². The molecule has 0 aliphatic carbocycles. The zero-order valence-electron chi connectivity index (χ0n) is 10.4. The van der Waals surface area contributed by atoms with Crippen LogP contribution < -0.4 is 5.32 Å². The molecule has 0 spiro atoms. The number of ether oxygens (including phenoxy) is 1. The van der Waals surface area contributed by atoms with Crippen LogP contribution in [0.3, 0.4) is 0 Å². The molecule has 0 heterocycles. The maximum absolute atomic E-state index is 12.5. The Kier molecular flexibility index (Phi) is 4.94. The van der Waals surface area contributed by atoms with Gasteiger partial charge in [0.15, 0.2) is 0 Å². The van der Waals surface area contributed by atoms with Crippen molar-refractivity contribution in [3.05, 3.63) is 29.8 Å². The van der Waals surface area contributed by atoms with E-state index in [-0.39, 0.29) is 12.1 Å². The number of benzene rings is 1. The molecule has 1 N–H and O–H groups in total. The number of anilines is 1. The topological polar surface area (TPSA) is 38.3 Å². The van der Waals surface area contributed by atoms with Crippen molar-refractivity contribution >= 4 is 11.7 Å². The molecule has 17 heavy (non-hydrogen) atoms. The number of halogens is 1. The summed E-state index contributed by atoms with van der Waals surface area (Å²) in [6.07, 6.45) is -0.135. The van der Waals surface area contributed by atoms with Crippen LogP contribution in [0.15, 0.2) is 24.3 Å². The first-order valence-corrected chi connectivity index (χ1v) is 5.65. The van der Waals surface area contributed by atoms with Crippen molar-refractivity contribution in [3.8, 4) is 0 Å². The Balaban J connectivity index is 2.60. The first-order valence-electron chi connectivity index (χ1n) is 5.65. The molecular weight excluding hydrogens is 221 g/mol. The molecule has 4 heteroatoms. The number of carbonyl (C=O) groups is 1. The fourth-order valence-electron chi connectivity index (χ4n) is 1.39. The Labute approximate surface area is 101 Å². The van der Waals surface area contributed by atoms with Crippen molar-refractivity contribution in [2.45, 2.75) is 39.6 Å². The third-order valence-corrected chi connectivity index (χ3v) is 2.17. The van der Waals surface area contributed by atoms with Gasteiger partial charge >= 0.3 is 5.97 Å². The highest BCUT2D eigenvalue weighted by molar-refractivity contribution is 5.78. The summed E-state index contributed by atoms with van der Waals surface area (Å²) in [5, 5.41) is 2.98. The maximum Gasteiger partial charge on any atom is 0.328 e. The Hall–Kier alpha value is -1.58. The second-order valence-electron chi connectivity index (χ2n) is 4.19. The Morgan fingerprint density at radius 3 is 2.71 bits per heavy atom. The summed E-state index contributed by atoms with van der Waals surface area (Å²) >= 11 is 0. The normalized spacial score (nSPS) is 12.3. The number of rotatable bonds is 5. The van der Waals surface area contributed by atoms with Gasteiger partial charge in [0.25, 0.3) is 0 Å². The zero-order valence-corrected chi connectivity index (χ0v) is 10.4. The number of alkyl halides is 1. The number of nitrogens with one attached hydrogen (secondary N) is 1. The lowest BCUT2D eigenvalue weighted by Crippen LogP contribution is -2.30. The minimum absolute atomic E-state index is 0.135. The number of hydrogen-bond acceptors (Lipinski definition) is 3. The first-order chi connectivity index (χ1) is 8.02. The van der Waals surface area contributed by atoms with Gasteiger partial charge in [0, 0.05) is 5.69 Å². The second kappa shape index (κ2) is 6.23. The first kappa shape index (κ1) is 13.5. The Bertz CT molecular complexity index is 379. The van der Waals surface area contributed by atoms with Gasteiger partial charge in [-0.15, -0.1) is 0 Å². The van der Waals surface area contributed by atoms with Gasteiger partial charge in [-0.2, -0.15) is 0 Å². The highest BCUT2D eigenvalue weighted by Crippen LogP contribution is 2.13. The van der Waals surface area contributed by atoms with Gasteiger partial charge in [-0.25, -0.2) is 9.18 Å². The van der Waals surface area contributed by atoms with E-state index in [4.69, 9.17) is 4.74 Å². The quantitative estimate of drug-likeness (QED) is 0.803. The average Bonchev–Trinajstić information content (AvgIpc) is 2.28. The van der Waals surface area contributed by atoms with E-state index in [1.54, 1.807) is 45.0 Å². The number of esters is 1. The van der Waals surface area contributed by atoms with E-state index in [2.05, 4.69) is 5.32 Å². The molecule has 0 aromatic heterocycles. The smallest absolute Gasteiger partial charge is 0.328 e. The second-order valence-corrected chi connectivity index (χ2v) is 4.19. The van der Waals surface area contributed by atoms with Crippen LogP contribution in [-0.4, -0.2) is 18.1 Å². The summed E-state index contributed by atoms with van der Waals surface area (Å²) in [6.45, 7) is 4.80. The molecule has 0 amide bonds.